The van der Waals surface area contributed by atoms with Gasteiger partial charge in [-0.25, -0.2) is 4.98 Å². The van der Waals surface area contributed by atoms with E-state index in [0.717, 1.165) is 11.1 Å². The summed E-state index contributed by atoms with van der Waals surface area (Å²) in [5.41, 5.74) is 0.463. The first-order valence-electron chi connectivity index (χ1n) is 7.28. The number of benzene rings is 2. The van der Waals surface area contributed by atoms with Gasteiger partial charge in [0, 0.05) is 6.07 Å². The lowest BCUT2D eigenvalue weighted by Crippen LogP contribution is -2.09. The Kier molecular flexibility index (Phi) is 4.40. The van der Waals surface area contributed by atoms with E-state index in [4.69, 9.17) is 10.00 Å². The fourth-order valence-corrected chi connectivity index (χ4v) is 2.26. The van der Waals surface area contributed by atoms with Crippen LogP contribution in [0.3, 0.4) is 0 Å². The summed E-state index contributed by atoms with van der Waals surface area (Å²) in [7, 11) is 0. The maximum atomic E-state index is 12.9. The summed E-state index contributed by atoms with van der Waals surface area (Å²) in [5, 5.41) is 8.91. The van der Waals surface area contributed by atoms with Crippen LogP contribution in [-0.4, -0.2) is 4.98 Å². The van der Waals surface area contributed by atoms with Gasteiger partial charge in [0.1, 0.15) is 11.4 Å². The molecule has 3 nitrogen and oxygen atoms in total. The highest BCUT2D eigenvalue weighted by Crippen LogP contribution is 2.32. The van der Waals surface area contributed by atoms with E-state index < -0.39 is 11.9 Å². The fourth-order valence-electron chi connectivity index (χ4n) is 2.26. The minimum absolute atomic E-state index is 0.170. The summed E-state index contributed by atoms with van der Waals surface area (Å²) >= 11 is 0. The predicted octanol–water partition coefficient (Wildman–Crippen LogP) is 5.43. The molecule has 3 aromatic rings. The summed E-state index contributed by atoms with van der Waals surface area (Å²) in [6, 6.07) is 19.9. The Balaban J connectivity index is 1.94. The minimum atomic E-state index is -4.66. The van der Waals surface area contributed by atoms with Crippen molar-refractivity contribution in [1.29, 1.82) is 5.26 Å². The van der Waals surface area contributed by atoms with Crippen LogP contribution in [0.15, 0.2) is 66.7 Å². The lowest BCUT2D eigenvalue weighted by Gasteiger charge is -2.10. The smallest absolute Gasteiger partial charge is 0.433 e. The van der Waals surface area contributed by atoms with Gasteiger partial charge in [-0.1, -0.05) is 42.5 Å². The quantitative estimate of drug-likeness (QED) is 0.638. The highest BCUT2D eigenvalue weighted by molar-refractivity contribution is 5.65. The molecule has 0 saturated heterocycles. The zero-order valence-corrected chi connectivity index (χ0v) is 12.8. The van der Waals surface area contributed by atoms with Gasteiger partial charge in [-0.15, -0.1) is 0 Å². The van der Waals surface area contributed by atoms with Gasteiger partial charge in [-0.2, -0.15) is 18.4 Å². The van der Waals surface area contributed by atoms with Gasteiger partial charge in [0.25, 0.3) is 0 Å². The summed E-state index contributed by atoms with van der Waals surface area (Å²) < 4.78 is 44.1. The zero-order chi connectivity index (χ0) is 17.9. The van der Waals surface area contributed by atoms with E-state index in [2.05, 4.69) is 4.98 Å². The second-order valence-corrected chi connectivity index (χ2v) is 5.18. The predicted molar refractivity (Wildman–Crippen MR) is 85.9 cm³/mol. The van der Waals surface area contributed by atoms with Crippen LogP contribution in [0.4, 0.5) is 13.2 Å². The molecule has 0 radical (unpaired) electrons. The van der Waals surface area contributed by atoms with E-state index in [1.807, 2.05) is 36.4 Å². The summed E-state index contributed by atoms with van der Waals surface area (Å²) in [6.45, 7) is 0. The number of aromatic nitrogens is 1. The summed E-state index contributed by atoms with van der Waals surface area (Å²) in [5.74, 6) is 0.0497. The summed E-state index contributed by atoms with van der Waals surface area (Å²) in [4.78, 5) is 3.45. The molecule has 3 rings (SSSR count). The van der Waals surface area contributed by atoms with Crippen molar-refractivity contribution < 1.29 is 17.9 Å². The Hall–Kier alpha value is -3.33. The molecule has 0 aliphatic rings. The van der Waals surface area contributed by atoms with Crippen LogP contribution in [0, 0.1) is 11.3 Å². The van der Waals surface area contributed by atoms with E-state index in [9.17, 15) is 13.2 Å². The molecule has 0 N–H and O–H groups in total. The van der Waals surface area contributed by atoms with E-state index in [1.54, 1.807) is 24.3 Å². The normalized spacial score (nSPS) is 11.0. The average molecular weight is 340 g/mol. The van der Waals surface area contributed by atoms with Crippen molar-refractivity contribution in [3.05, 3.63) is 78.0 Å². The third-order valence-electron chi connectivity index (χ3n) is 3.38. The molecule has 124 valence electrons. The van der Waals surface area contributed by atoms with Crippen LogP contribution in [0.5, 0.6) is 11.6 Å². The third-order valence-corrected chi connectivity index (χ3v) is 3.38. The minimum Gasteiger partial charge on any atom is -0.439 e. The highest BCUT2D eigenvalue weighted by atomic mass is 19.4. The second-order valence-electron chi connectivity index (χ2n) is 5.18. The maximum Gasteiger partial charge on any atom is 0.433 e. The van der Waals surface area contributed by atoms with Gasteiger partial charge in [0.15, 0.2) is 0 Å². The van der Waals surface area contributed by atoms with Crippen molar-refractivity contribution in [3.8, 4) is 28.8 Å². The molecule has 25 heavy (non-hydrogen) atoms. The van der Waals surface area contributed by atoms with Gasteiger partial charge >= 0.3 is 6.18 Å². The van der Waals surface area contributed by atoms with Gasteiger partial charge in [-0.05, 0) is 29.3 Å². The monoisotopic (exact) mass is 340 g/mol. The van der Waals surface area contributed by atoms with Crippen molar-refractivity contribution in [2.24, 2.45) is 0 Å². The van der Waals surface area contributed by atoms with Gasteiger partial charge in [0.2, 0.25) is 5.88 Å². The molecular weight excluding hydrogens is 329 g/mol. The maximum absolute atomic E-state index is 12.9. The van der Waals surface area contributed by atoms with Crippen LogP contribution in [0.1, 0.15) is 11.3 Å². The number of nitriles is 1. The number of rotatable bonds is 3. The van der Waals surface area contributed by atoms with Gasteiger partial charge in [0.05, 0.1) is 11.6 Å². The molecule has 0 unspecified atom stereocenters. The Morgan fingerprint density at radius 3 is 2.28 bits per heavy atom. The topological polar surface area (TPSA) is 45.9 Å². The Morgan fingerprint density at radius 2 is 1.60 bits per heavy atom. The molecule has 0 fully saturated rings. The molecule has 0 bridgehead atoms. The van der Waals surface area contributed by atoms with Crippen molar-refractivity contribution in [2.45, 2.75) is 6.18 Å². The average Bonchev–Trinajstić information content (AvgIpc) is 2.61. The molecule has 1 aromatic heterocycles. The van der Waals surface area contributed by atoms with E-state index in [1.165, 1.54) is 6.07 Å². The molecular formula is C19H11F3N2O. The first-order chi connectivity index (χ1) is 12.0. The third kappa shape index (κ3) is 3.96. The highest BCUT2D eigenvalue weighted by Gasteiger charge is 2.33. The van der Waals surface area contributed by atoms with Crippen molar-refractivity contribution in [3.63, 3.8) is 0 Å². The van der Waals surface area contributed by atoms with Gasteiger partial charge < -0.3 is 4.74 Å². The number of nitrogens with zero attached hydrogens (tertiary/aromatic N) is 2. The van der Waals surface area contributed by atoms with Crippen LogP contribution in [-0.2, 0) is 6.18 Å². The van der Waals surface area contributed by atoms with E-state index >= 15 is 0 Å². The van der Waals surface area contributed by atoms with Crippen LogP contribution in [0.25, 0.3) is 11.1 Å². The second kappa shape index (κ2) is 6.65. The van der Waals surface area contributed by atoms with Crippen molar-refractivity contribution >= 4 is 0 Å². The SMILES string of the molecule is N#Cc1cc(Oc2cccc(-c3ccccc3)c2)nc(C(F)(F)F)c1. The molecule has 0 saturated carbocycles. The molecule has 2 aromatic carbocycles. The lowest BCUT2D eigenvalue weighted by molar-refractivity contribution is -0.141. The van der Waals surface area contributed by atoms with E-state index in [0.29, 0.717) is 11.8 Å². The first-order valence-corrected chi connectivity index (χ1v) is 7.28. The molecule has 6 heteroatoms. The zero-order valence-electron chi connectivity index (χ0n) is 12.8. The summed E-state index contributed by atoms with van der Waals surface area (Å²) in [6.07, 6.45) is -4.66. The van der Waals surface area contributed by atoms with Crippen LogP contribution < -0.4 is 4.74 Å². The Morgan fingerprint density at radius 1 is 0.880 bits per heavy atom. The molecule has 0 aliphatic carbocycles. The standard InChI is InChI=1S/C19H11F3N2O/c20-19(21,22)17-9-13(12-23)10-18(24-17)25-16-8-4-7-15(11-16)14-5-2-1-3-6-14/h1-11H. The van der Waals surface area contributed by atoms with Crippen molar-refractivity contribution in [2.75, 3.05) is 0 Å². The number of hydrogen-bond acceptors (Lipinski definition) is 3. The number of pyridine rings is 1. The largest absolute Gasteiger partial charge is 0.439 e. The molecule has 0 atom stereocenters. The number of halogens is 3. The van der Waals surface area contributed by atoms with Gasteiger partial charge in [-0.3, -0.25) is 0 Å². The lowest BCUT2D eigenvalue weighted by atomic mass is 10.1. The fraction of sp³-hybridized carbons (Fsp3) is 0.0526. The number of alkyl halides is 3. The van der Waals surface area contributed by atoms with E-state index in [-0.39, 0.29) is 11.4 Å². The number of ether oxygens (including phenoxy) is 1. The first kappa shape index (κ1) is 16.5. The van der Waals surface area contributed by atoms with Crippen LogP contribution >= 0.6 is 0 Å². The number of hydrogen-bond donors (Lipinski definition) is 0. The molecule has 0 amide bonds. The Labute approximate surface area is 141 Å². The molecule has 1 heterocycles. The van der Waals surface area contributed by atoms with Crippen LogP contribution in [0.2, 0.25) is 0 Å². The Bertz CT molecular complexity index is 931. The molecule has 0 spiro atoms. The van der Waals surface area contributed by atoms with Crippen molar-refractivity contribution in [1.82, 2.24) is 4.98 Å². The molecule has 0 aliphatic heterocycles.